The van der Waals surface area contributed by atoms with E-state index in [2.05, 4.69) is 31.9 Å². The van der Waals surface area contributed by atoms with E-state index in [9.17, 15) is 14.7 Å². The lowest BCUT2D eigenvalue weighted by Crippen LogP contribution is -2.29. The quantitative estimate of drug-likeness (QED) is 0.272. The maximum atomic E-state index is 13.0. The van der Waals surface area contributed by atoms with Gasteiger partial charge in [-0.3, -0.25) is 14.5 Å². The van der Waals surface area contributed by atoms with Gasteiger partial charge in [-0.15, -0.1) is 0 Å². The van der Waals surface area contributed by atoms with E-state index in [-0.39, 0.29) is 11.3 Å². The Morgan fingerprint density at radius 2 is 1.52 bits per heavy atom. The Balaban J connectivity index is 1.96. The van der Waals surface area contributed by atoms with Crippen molar-refractivity contribution in [2.24, 2.45) is 0 Å². The zero-order valence-electron chi connectivity index (χ0n) is 15.0. The Hall–Kier alpha value is -2.70. The van der Waals surface area contributed by atoms with Crippen LogP contribution in [0, 0.1) is 0 Å². The van der Waals surface area contributed by atoms with Crippen LogP contribution in [0.15, 0.2) is 93.4 Å². The van der Waals surface area contributed by atoms with E-state index in [4.69, 9.17) is 0 Å². The van der Waals surface area contributed by atoms with Crippen LogP contribution in [0.1, 0.15) is 17.2 Å². The number of hydrogen-bond acceptors (Lipinski definition) is 3. The number of carbonyl (C=O) groups is 2. The minimum Gasteiger partial charge on any atom is -0.507 e. The van der Waals surface area contributed by atoms with Crippen molar-refractivity contribution in [3.05, 3.63) is 105 Å². The Bertz CT molecular complexity index is 1120. The highest BCUT2D eigenvalue weighted by Gasteiger charge is 2.46. The van der Waals surface area contributed by atoms with Gasteiger partial charge < -0.3 is 5.11 Å². The molecule has 3 aromatic carbocycles. The smallest absolute Gasteiger partial charge is 0.300 e. The van der Waals surface area contributed by atoms with Gasteiger partial charge in [-0.2, -0.15) is 0 Å². The second kappa shape index (κ2) is 7.97. The topological polar surface area (TPSA) is 57.6 Å². The molecular formula is C23H15Br2NO3. The summed E-state index contributed by atoms with van der Waals surface area (Å²) in [6, 6.07) is 22.6. The first-order valence-corrected chi connectivity index (χ1v) is 10.4. The number of aliphatic hydroxyl groups excluding tert-OH is 1. The monoisotopic (exact) mass is 511 g/mol. The molecule has 1 atom stereocenters. The van der Waals surface area contributed by atoms with E-state index < -0.39 is 17.7 Å². The number of Topliss-reactive ketones (excluding diaryl/α,β-unsaturated/α-hetero) is 1. The highest BCUT2D eigenvalue weighted by Crippen LogP contribution is 2.42. The Kier molecular flexibility index (Phi) is 5.39. The zero-order chi connectivity index (χ0) is 20.5. The number of nitrogens with zero attached hydrogens (tertiary/aromatic N) is 1. The van der Waals surface area contributed by atoms with Gasteiger partial charge in [0, 0.05) is 20.2 Å². The predicted octanol–water partition coefficient (Wildman–Crippen LogP) is 5.84. The van der Waals surface area contributed by atoms with E-state index in [1.54, 1.807) is 42.5 Å². The van der Waals surface area contributed by atoms with Gasteiger partial charge in [0.2, 0.25) is 0 Å². The van der Waals surface area contributed by atoms with Crippen LogP contribution in [0.5, 0.6) is 0 Å². The van der Waals surface area contributed by atoms with E-state index >= 15 is 0 Å². The van der Waals surface area contributed by atoms with E-state index in [0.29, 0.717) is 11.3 Å². The van der Waals surface area contributed by atoms with Gasteiger partial charge in [0.25, 0.3) is 11.7 Å². The number of hydrogen-bond donors (Lipinski definition) is 1. The second-order valence-electron chi connectivity index (χ2n) is 6.57. The van der Waals surface area contributed by atoms with Crippen molar-refractivity contribution < 1.29 is 14.7 Å². The molecule has 1 amide bonds. The lowest BCUT2D eigenvalue weighted by molar-refractivity contribution is -0.132. The standard InChI is InChI=1S/C23H15Br2NO3/c24-16-11-9-14(10-12-16)20-19(21(27)15-5-2-1-3-6-15)22(28)23(29)26(20)18-8-4-7-17(25)13-18/h1-13,20,27H/b21-19+. The summed E-state index contributed by atoms with van der Waals surface area (Å²) in [5.74, 6) is -1.57. The number of benzene rings is 3. The summed E-state index contributed by atoms with van der Waals surface area (Å²) in [4.78, 5) is 27.5. The molecule has 0 aliphatic carbocycles. The SMILES string of the molecule is O=C1C(=O)N(c2cccc(Br)c2)C(c2ccc(Br)cc2)/C1=C(\O)c1ccccc1. The summed E-state index contributed by atoms with van der Waals surface area (Å²) in [6.45, 7) is 0. The Morgan fingerprint density at radius 3 is 2.17 bits per heavy atom. The summed E-state index contributed by atoms with van der Waals surface area (Å²) in [7, 11) is 0. The van der Waals surface area contributed by atoms with Gasteiger partial charge in [-0.1, -0.05) is 80.4 Å². The van der Waals surface area contributed by atoms with E-state index in [1.807, 2.05) is 36.4 Å². The molecule has 3 aromatic rings. The predicted molar refractivity (Wildman–Crippen MR) is 120 cm³/mol. The molecule has 0 radical (unpaired) electrons. The average molecular weight is 513 g/mol. The minimum absolute atomic E-state index is 0.0727. The fraction of sp³-hybridized carbons (Fsp3) is 0.0435. The highest BCUT2D eigenvalue weighted by molar-refractivity contribution is 9.10. The molecule has 1 saturated heterocycles. The van der Waals surface area contributed by atoms with E-state index in [0.717, 1.165) is 14.5 Å². The normalized spacial score (nSPS) is 18.3. The molecule has 0 spiro atoms. The van der Waals surface area contributed by atoms with Crippen LogP contribution in [0.25, 0.3) is 5.76 Å². The first-order valence-electron chi connectivity index (χ1n) is 8.85. The molecule has 0 bridgehead atoms. The number of carbonyl (C=O) groups excluding carboxylic acids is 2. The average Bonchev–Trinajstić information content (AvgIpc) is 2.99. The Labute approximate surface area is 184 Å². The van der Waals surface area contributed by atoms with Crippen molar-refractivity contribution >= 4 is 55.0 Å². The second-order valence-corrected chi connectivity index (χ2v) is 8.40. The fourth-order valence-electron chi connectivity index (χ4n) is 3.44. The third-order valence-electron chi connectivity index (χ3n) is 4.76. The van der Waals surface area contributed by atoms with Crippen LogP contribution < -0.4 is 4.90 Å². The molecule has 29 heavy (non-hydrogen) atoms. The summed E-state index contributed by atoms with van der Waals surface area (Å²) >= 11 is 6.83. The van der Waals surface area contributed by atoms with Crippen LogP contribution in [0.3, 0.4) is 0 Å². The third-order valence-corrected chi connectivity index (χ3v) is 5.79. The zero-order valence-corrected chi connectivity index (χ0v) is 18.2. The lowest BCUT2D eigenvalue weighted by atomic mass is 9.95. The Morgan fingerprint density at radius 1 is 0.828 bits per heavy atom. The largest absolute Gasteiger partial charge is 0.507 e. The van der Waals surface area contributed by atoms with Gasteiger partial charge in [0.15, 0.2) is 0 Å². The summed E-state index contributed by atoms with van der Waals surface area (Å²) in [5, 5.41) is 11.0. The molecule has 0 aromatic heterocycles. The highest BCUT2D eigenvalue weighted by atomic mass is 79.9. The number of halogens is 2. The first kappa shape index (κ1) is 19.6. The van der Waals surface area contributed by atoms with Gasteiger partial charge in [0.05, 0.1) is 11.6 Å². The molecule has 0 saturated carbocycles. The van der Waals surface area contributed by atoms with Crippen LogP contribution in [0.2, 0.25) is 0 Å². The third kappa shape index (κ3) is 3.66. The lowest BCUT2D eigenvalue weighted by Gasteiger charge is -2.25. The molecule has 1 fully saturated rings. The number of ketones is 1. The van der Waals surface area contributed by atoms with Crippen molar-refractivity contribution in [3.63, 3.8) is 0 Å². The summed E-state index contributed by atoms with van der Waals surface area (Å²) in [5.41, 5.74) is 1.86. The molecule has 1 N–H and O–H groups in total. The van der Waals surface area contributed by atoms with Crippen molar-refractivity contribution in [1.82, 2.24) is 0 Å². The maximum absolute atomic E-state index is 13.0. The number of aliphatic hydroxyl groups is 1. The van der Waals surface area contributed by atoms with Crippen molar-refractivity contribution in [3.8, 4) is 0 Å². The first-order chi connectivity index (χ1) is 14.0. The summed E-state index contributed by atoms with van der Waals surface area (Å²) in [6.07, 6.45) is 0. The minimum atomic E-state index is -0.738. The molecule has 1 unspecified atom stereocenters. The van der Waals surface area contributed by atoms with Crippen molar-refractivity contribution in [1.29, 1.82) is 0 Å². The van der Waals surface area contributed by atoms with Gasteiger partial charge >= 0.3 is 0 Å². The van der Waals surface area contributed by atoms with Crippen LogP contribution in [-0.2, 0) is 9.59 Å². The fourth-order valence-corrected chi connectivity index (χ4v) is 4.09. The van der Waals surface area contributed by atoms with Crippen LogP contribution in [0.4, 0.5) is 5.69 Å². The number of amides is 1. The molecule has 1 aliphatic heterocycles. The van der Waals surface area contributed by atoms with Crippen molar-refractivity contribution in [2.75, 3.05) is 4.90 Å². The number of anilines is 1. The molecule has 4 rings (SSSR count). The van der Waals surface area contributed by atoms with Crippen molar-refractivity contribution in [2.45, 2.75) is 6.04 Å². The van der Waals surface area contributed by atoms with Crippen LogP contribution in [-0.4, -0.2) is 16.8 Å². The van der Waals surface area contributed by atoms with Gasteiger partial charge in [0.1, 0.15) is 5.76 Å². The van der Waals surface area contributed by atoms with E-state index in [1.165, 1.54) is 4.90 Å². The van der Waals surface area contributed by atoms with Gasteiger partial charge in [-0.05, 0) is 35.9 Å². The molecule has 4 nitrogen and oxygen atoms in total. The molecule has 1 aliphatic rings. The summed E-state index contributed by atoms with van der Waals surface area (Å²) < 4.78 is 1.67. The number of rotatable bonds is 3. The van der Waals surface area contributed by atoms with Crippen LogP contribution >= 0.6 is 31.9 Å². The van der Waals surface area contributed by atoms with Gasteiger partial charge in [-0.25, -0.2) is 0 Å². The molecule has 144 valence electrons. The molecular weight excluding hydrogens is 498 g/mol. The molecule has 1 heterocycles. The molecule has 6 heteroatoms. The maximum Gasteiger partial charge on any atom is 0.300 e.